The molecule has 0 aromatic rings. The predicted octanol–water partition coefficient (Wildman–Crippen LogP) is 2.59. The molecule has 2 aliphatic carbocycles. The number of carbonyl (C=O) groups is 1. The number of ether oxygens (including phenoxy) is 2. The summed E-state index contributed by atoms with van der Waals surface area (Å²) in [5.74, 6) is 1.03. The van der Waals surface area contributed by atoms with Gasteiger partial charge in [0.15, 0.2) is 0 Å². The molecular formula is C22H35NO8. The maximum absolute atomic E-state index is 11.7. The van der Waals surface area contributed by atoms with Crippen LogP contribution in [0.25, 0.3) is 0 Å². The van der Waals surface area contributed by atoms with Gasteiger partial charge in [0.2, 0.25) is 0 Å². The zero-order chi connectivity index (χ0) is 22.6. The van der Waals surface area contributed by atoms with Gasteiger partial charge in [0.05, 0.1) is 25.4 Å². The van der Waals surface area contributed by atoms with Crippen molar-refractivity contribution in [2.75, 3.05) is 26.4 Å². The van der Waals surface area contributed by atoms with Gasteiger partial charge in [0, 0.05) is 6.42 Å². The fourth-order valence-corrected chi connectivity index (χ4v) is 4.39. The number of allylic oxidation sites excluding steroid dienone is 3. The van der Waals surface area contributed by atoms with Gasteiger partial charge in [-0.3, -0.25) is 4.79 Å². The Kier molecular flexibility index (Phi) is 11.0. The van der Waals surface area contributed by atoms with Crippen molar-refractivity contribution in [1.29, 1.82) is 0 Å². The third-order valence-electron chi connectivity index (χ3n) is 6.04. The van der Waals surface area contributed by atoms with Crippen molar-refractivity contribution in [3.8, 4) is 0 Å². The lowest BCUT2D eigenvalue weighted by Crippen LogP contribution is -2.30. The minimum Gasteiger partial charge on any atom is -0.463 e. The van der Waals surface area contributed by atoms with E-state index >= 15 is 0 Å². The van der Waals surface area contributed by atoms with Gasteiger partial charge in [-0.05, 0) is 61.9 Å². The Balaban J connectivity index is 1.55. The van der Waals surface area contributed by atoms with Gasteiger partial charge in [-0.1, -0.05) is 25.2 Å². The number of esters is 1. The van der Waals surface area contributed by atoms with E-state index in [2.05, 4.69) is 23.9 Å². The quantitative estimate of drug-likeness (QED) is 0.182. The maximum Gasteiger partial charge on any atom is 0.305 e. The molecule has 9 heteroatoms. The number of fused-ring (bicyclic) bond motifs is 1. The summed E-state index contributed by atoms with van der Waals surface area (Å²) in [5, 5.41) is 29.3. The van der Waals surface area contributed by atoms with Gasteiger partial charge >= 0.3 is 5.97 Å². The summed E-state index contributed by atoms with van der Waals surface area (Å²) in [6, 6.07) is 0. The molecule has 31 heavy (non-hydrogen) atoms. The third kappa shape index (κ3) is 9.37. The molecule has 176 valence electrons. The Morgan fingerprint density at radius 2 is 2.03 bits per heavy atom. The number of aliphatic hydroxyl groups is 2. The molecule has 0 fully saturated rings. The summed E-state index contributed by atoms with van der Waals surface area (Å²) in [4.78, 5) is 25.8. The average Bonchev–Trinajstić information content (AvgIpc) is 2.72. The first-order valence-electron chi connectivity index (χ1n) is 11.1. The van der Waals surface area contributed by atoms with Gasteiger partial charge < -0.3 is 24.5 Å². The molecule has 2 N–H and O–H groups in total. The van der Waals surface area contributed by atoms with Crippen LogP contribution in [0.4, 0.5) is 0 Å². The average molecular weight is 442 g/mol. The van der Waals surface area contributed by atoms with Crippen LogP contribution in [0.3, 0.4) is 0 Å². The van der Waals surface area contributed by atoms with Gasteiger partial charge in [-0.2, -0.15) is 0 Å². The highest BCUT2D eigenvalue weighted by Crippen LogP contribution is 2.42. The molecule has 9 nitrogen and oxygen atoms in total. The van der Waals surface area contributed by atoms with E-state index in [9.17, 15) is 25.1 Å². The predicted molar refractivity (Wildman–Crippen MR) is 112 cm³/mol. The second kappa shape index (κ2) is 13.4. The highest BCUT2D eigenvalue weighted by molar-refractivity contribution is 5.69. The van der Waals surface area contributed by atoms with Crippen molar-refractivity contribution < 1.29 is 34.4 Å². The minimum atomic E-state index is -0.889. The molecule has 5 atom stereocenters. The molecule has 2 aliphatic rings. The molecule has 0 saturated heterocycles. The summed E-state index contributed by atoms with van der Waals surface area (Å²) < 4.78 is 10.1. The zero-order valence-electron chi connectivity index (χ0n) is 18.2. The molecule has 0 aliphatic heterocycles. The molecule has 0 spiro atoms. The summed E-state index contributed by atoms with van der Waals surface area (Å²) in [6.07, 6.45) is 10.3. The van der Waals surface area contributed by atoms with Crippen molar-refractivity contribution in [2.45, 2.75) is 64.1 Å². The largest absolute Gasteiger partial charge is 0.463 e. The molecular weight excluding hydrogens is 406 g/mol. The van der Waals surface area contributed by atoms with E-state index in [1.54, 1.807) is 0 Å². The van der Waals surface area contributed by atoms with Crippen LogP contribution in [0.1, 0.15) is 51.9 Å². The van der Waals surface area contributed by atoms with E-state index in [0.29, 0.717) is 37.0 Å². The molecule has 2 rings (SSSR count). The number of hydrogen-bond donors (Lipinski definition) is 2. The fourth-order valence-electron chi connectivity index (χ4n) is 4.39. The van der Waals surface area contributed by atoms with Gasteiger partial charge in [-0.25, -0.2) is 0 Å². The molecule has 5 unspecified atom stereocenters. The van der Waals surface area contributed by atoms with E-state index in [4.69, 9.17) is 9.47 Å². The Labute approximate surface area is 183 Å². The van der Waals surface area contributed by atoms with Gasteiger partial charge in [-0.15, -0.1) is 10.1 Å². The van der Waals surface area contributed by atoms with Crippen LogP contribution in [0, 0.1) is 27.9 Å². The zero-order valence-corrected chi connectivity index (χ0v) is 18.2. The van der Waals surface area contributed by atoms with Crippen LogP contribution >= 0.6 is 0 Å². The van der Waals surface area contributed by atoms with Crippen molar-refractivity contribution >= 4 is 5.97 Å². The number of hydrogen-bond acceptors (Lipinski definition) is 8. The second-order valence-corrected chi connectivity index (χ2v) is 8.31. The standard InChI is InChI=1S/C22H35NO8/c1-16-5-6-17-15-19(25)8-10-21(17)20(16)9-7-18(24)3-2-4-22(26)30-13-11-29-12-14-31-23(27)28/h5-6,15-16,18-21,24-25H,2-4,7-14H2,1H3. The van der Waals surface area contributed by atoms with Crippen LogP contribution < -0.4 is 0 Å². The smallest absolute Gasteiger partial charge is 0.305 e. The van der Waals surface area contributed by atoms with E-state index in [-0.39, 0.29) is 44.9 Å². The van der Waals surface area contributed by atoms with Gasteiger partial charge in [0.25, 0.3) is 5.09 Å². The summed E-state index contributed by atoms with van der Waals surface area (Å²) in [5.41, 5.74) is 1.23. The second-order valence-electron chi connectivity index (χ2n) is 8.31. The lowest BCUT2D eigenvalue weighted by Gasteiger charge is -2.38. The first-order chi connectivity index (χ1) is 14.9. The van der Waals surface area contributed by atoms with Crippen molar-refractivity contribution in [3.63, 3.8) is 0 Å². The van der Waals surface area contributed by atoms with Crippen LogP contribution in [0.5, 0.6) is 0 Å². The number of nitrogens with zero attached hydrogens (tertiary/aromatic N) is 1. The highest BCUT2D eigenvalue weighted by Gasteiger charge is 2.33. The fraction of sp³-hybridized carbons (Fsp3) is 0.773. The lowest BCUT2D eigenvalue weighted by atomic mass is 9.67. The molecule has 0 radical (unpaired) electrons. The number of rotatable bonds is 14. The van der Waals surface area contributed by atoms with Crippen molar-refractivity contribution in [2.24, 2.45) is 17.8 Å². The van der Waals surface area contributed by atoms with Crippen molar-refractivity contribution in [1.82, 2.24) is 0 Å². The van der Waals surface area contributed by atoms with Gasteiger partial charge in [0.1, 0.15) is 13.2 Å². The highest BCUT2D eigenvalue weighted by atomic mass is 17.0. The Bertz CT molecular complexity index is 635. The Morgan fingerprint density at radius 3 is 2.81 bits per heavy atom. The number of aliphatic hydroxyl groups excluding tert-OH is 2. The molecule has 0 bridgehead atoms. The van der Waals surface area contributed by atoms with E-state index in [1.807, 2.05) is 6.08 Å². The Hall–Kier alpha value is -1.97. The number of carbonyl (C=O) groups excluding carboxylic acids is 1. The Morgan fingerprint density at radius 1 is 1.26 bits per heavy atom. The monoisotopic (exact) mass is 441 g/mol. The SMILES string of the molecule is CC1C=CC2=CC(O)CCC2C1CCC(O)CCCC(=O)OCCOCCO[N+](=O)[O-]. The van der Waals surface area contributed by atoms with Crippen LogP contribution in [-0.2, 0) is 19.1 Å². The minimum absolute atomic E-state index is 0.0544. The molecule has 0 amide bonds. The first kappa shape index (κ1) is 25.3. The normalized spacial score (nSPS) is 26.0. The lowest BCUT2D eigenvalue weighted by molar-refractivity contribution is -0.758. The van der Waals surface area contributed by atoms with E-state index in [0.717, 1.165) is 19.3 Å². The van der Waals surface area contributed by atoms with Crippen LogP contribution in [0.15, 0.2) is 23.8 Å². The van der Waals surface area contributed by atoms with Crippen LogP contribution in [-0.4, -0.2) is 59.9 Å². The topological polar surface area (TPSA) is 128 Å². The van der Waals surface area contributed by atoms with Crippen molar-refractivity contribution in [3.05, 3.63) is 33.9 Å². The third-order valence-corrected chi connectivity index (χ3v) is 6.04. The first-order valence-corrected chi connectivity index (χ1v) is 11.1. The summed E-state index contributed by atoms with van der Waals surface area (Å²) >= 11 is 0. The molecule has 0 saturated carbocycles. The van der Waals surface area contributed by atoms with E-state index in [1.165, 1.54) is 5.57 Å². The molecule has 0 aromatic carbocycles. The molecule has 0 aromatic heterocycles. The van der Waals surface area contributed by atoms with Crippen LogP contribution in [0.2, 0.25) is 0 Å². The summed E-state index contributed by atoms with van der Waals surface area (Å²) in [6.45, 7) is 2.34. The summed E-state index contributed by atoms with van der Waals surface area (Å²) in [7, 11) is 0. The van der Waals surface area contributed by atoms with E-state index < -0.39 is 11.2 Å². The maximum atomic E-state index is 11.7. The molecule has 0 heterocycles.